The summed E-state index contributed by atoms with van der Waals surface area (Å²) in [5.41, 5.74) is 1.39. The van der Waals surface area contributed by atoms with Gasteiger partial charge >= 0.3 is 0 Å². The Kier molecular flexibility index (Phi) is 10.5. The highest BCUT2D eigenvalue weighted by Gasteiger charge is 2.26. The molecule has 2 aliphatic rings. The van der Waals surface area contributed by atoms with Gasteiger partial charge in [0.2, 0.25) is 0 Å². The van der Waals surface area contributed by atoms with E-state index in [0.29, 0.717) is 5.92 Å². The Balaban J connectivity index is 0.00000300. The molecule has 0 radical (unpaired) electrons. The minimum atomic E-state index is 0. The number of nitrogens with zero attached hydrogens (tertiary/aromatic N) is 4. The monoisotopic (exact) mass is 515 g/mol. The molecule has 2 fully saturated rings. The number of guanidine groups is 1. The summed E-state index contributed by atoms with van der Waals surface area (Å²) in [7, 11) is 5.84. The first kappa shape index (κ1) is 24.2. The number of likely N-dealkylation sites (N-methyl/N-ethyl adjacent to an activating group) is 1. The predicted octanol–water partition coefficient (Wildman–Crippen LogP) is 2.71. The lowest BCUT2D eigenvalue weighted by Gasteiger charge is -2.23. The summed E-state index contributed by atoms with van der Waals surface area (Å²) in [6.45, 7) is 9.10. The van der Waals surface area contributed by atoms with E-state index >= 15 is 0 Å². The number of rotatable bonds is 6. The van der Waals surface area contributed by atoms with Crippen molar-refractivity contribution in [2.75, 3.05) is 73.6 Å². The smallest absolute Gasteiger partial charge is 0.193 e. The third-order valence-electron chi connectivity index (χ3n) is 6.03. The third kappa shape index (κ3) is 7.29. The number of halogens is 1. The van der Waals surface area contributed by atoms with Crippen LogP contribution in [-0.4, -0.2) is 94.2 Å². The van der Waals surface area contributed by atoms with Crippen molar-refractivity contribution in [3.63, 3.8) is 0 Å². The van der Waals surface area contributed by atoms with Gasteiger partial charge in [-0.2, -0.15) is 0 Å². The molecule has 164 valence electrons. The molecule has 0 saturated carbocycles. The van der Waals surface area contributed by atoms with Crippen LogP contribution < -0.4 is 10.1 Å². The molecule has 2 aliphatic heterocycles. The number of hydrogen-bond acceptors (Lipinski definition) is 4. The van der Waals surface area contributed by atoms with Gasteiger partial charge in [0.05, 0.1) is 7.11 Å². The Bertz CT molecular complexity index is 624. The van der Waals surface area contributed by atoms with Crippen molar-refractivity contribution in [1.82, 2.24) is 20.0 Å². The highest BCUT2D eigenvalue weighted by molar-refractivity contribution is 14.0. The lowest BCUT2D eigenvalue weighted by Crippen LogP contribution is -2.41. The molecule has 0 bridgehead atoms. The van der Waals surface area contributed by atoms with Crippen molar-refractivity contribution < 1.29 is 4.74 Å². The number of nitrogens with one attached hydrogen (secondary N) is 1. The van der Waals surface area contributed by atoms with E-state index in [0.717, 1.165) is 31.3 Å². The van der Waals surface area contributed by atoms with Crippen LogP contribution in [0, 0.1) is 0 Å². The van der Waals surface area contributed by atoms with Crippen molar-refractivity contribution in [3.05, 3.63) is 29.8 Å². The maximum atomic E-state index is 5.27. The summed E-state index contributed by atoms with van der Waals surface area (Å²) in [6.07, 6.45) is 3.62. The molecule has 29 heavy (non-hydrogen) atoms. The molecule has 7 heteroatoms. The zero-order valence-electron chi connectivity index (χ0n) is 18.3. The topological polar surface area (TPSA) is 43.3 Å². The average Bonchev–Trinajstić information content (AvgIpc) is 3.12. The van der Waals surface area contributed by atoms with Gasteiger partial charge in [0.1, 0.15) is 5.75 Å². The molecule has 2 saturated heterocycles. The Hall–Kier alpha value is -1.06. The van der Waals surface area contributed by atoms with Gasteiger partial charge in [0, 0.05) is 45.7 Å². The van der Waals surface area contributed by atoms with Crippen LogP contribution in [0.5, 0.6) is 5.75 Å². The molecule has 2 heterocycles. The van der Waals surface area contributed by atoms with Crippen molar-refractivity contribution in [1.29, 1.82) is 0 Å². The zero-order valence-corrected chi connectivity index (χ0v) is 20.6. The fourth-order valence-electron chi connectivity index (χ4n) is 4.26. The Morgan fingerprint density at radius 2 is 1.93 bits per heavy atom. The number of ether oxygens (including phenoxy) is 1. The molecular formula is C22H38IN5O. The van der Waals surface area contributed by atoms with E-state index in [1.807, 2.05) is 7.05 Å². The standard InChI is InChI=1S/C22H37N5O.HI/c1-23-22(24-11-4-13-26-14-5-12-25(2)16-17-26)27-15-10-20(18-27)19-6-8-21(28-3)9-7-19;/h6-9,20H,4-5,10-18H2,1-3H3,(H,23,24);1H. The van der Waals surface area contributed by atoms with E-state index in [-0.39, 0.29) is 24.0 Å². The zero-order chi connectivity index (χ0) is 19.8. The van der Waals surface area contributed by atoms with Crippen LogP contribution in [-0.2, 0) is 0 Å². The van der Waals surface area contributed by atoms with E-state index in [4.69, 9.17) is 4.74 Å². The largest absolute Gasteiger partial charge is 0.497 e. The van der Waals surface area contributed by atoms with Gasteiger partial charge in [0.25, 0.3) is 0 Å². The highest BCUT2D eigenvalue weighted by atomic mass is 127. The SMILES string of the molecule is CN=C(NCCCN1CCCN(C)CC1)N1CCC(c2ccc(OC)cc2)C1.I. The fourth-order valence-corrected chi connectivity index (χ4v) is 4.26. The molecule has 1 aromatic rings. The normalized spacial score (nSPS) is 21.6. The van der Waals surface area contributed by atoms with Gasteiger partial charge in [-0.05, 0) is 63.6 Å². The summed E-state index contributed by atoms with van der Waals surface area (Å²) < 4.78 is 5.27. The van der Waals surface area contributed by atoms with Crippen LogP contribution in [0.2, 0.25) is 0 Å². The van der Waals surface area contributed by atoms with Crippen molar-refractivity contribution >= 4 is 29.9 Å². The second-order valence-electron chi connectivity index (χ2n) is 8.03. The summed E-state index contributed by atoms with van der Waals surface area (Å²) in [6, 6.07) is 8.51. The maximum absolute atomic E-state index is 5.27. The minimum Gasteiger partial charge on any atom is -0.497 e. The number of benzene rings is 1. The first-order chi connectivity index (χ1) is 13.7. The number of likely N-dealkylation sites (tertiary alicyclic amines) is 1. The molecule has 0 amide bonds. The van der Waals surface area contributed by atoms with Crippen LogP contribution in [0.15, 0.2) is 29.3 Å². The molecule has 3 rings (SSSR count). The molecule has 0 spiro atoms. The maximum Gasteiger partial charge on any atom is 0.193 e. The van der Waals surface area contributed by atoms with Crippen molar-refractivity contribution in [3.8, 4) is 5.75 Å². The lowest BCUT2D eigenvalue weighted by molar-refractivity contribution is 0.273. The molecule has 1 atom stereocenters. The first-order valence-corrected chi connectivity index (χ1v) is 10.7. The molecule has 1 unspecified atom stereocenters. The van der Waals surface area contributed by atoms with Crippen molar-refractivity contribution in [2.24, 2.45) is 4.99 Å². The average molecular weight is 515 g/mol. The van der Waals surface area contributed by atoms with Gasteiger partial charge in [-0.25, -0.2) is 0 Å². The Morgan fingerprint density at radius 1 is 1.14 bits per heavy atom. The third-order valence-corrected chi connectivity index (χ3v) is 6.03. The minimum absolute atomic E-state index is 0. The highest BCUT2D eigenvalue weighted by Crippen LogP contribution is 2.28. The second-order valence-corrected chi connectivity index (χ2v) is 8.03. The summed E-state index contributed by atoms with van der Waals surface area (Å²) in [4.78, 5) is 12.0. The van der Waals surface area contributed by atoms with Crippen LogP contribution in [0.4, 0.5) is 0 Å². The number of methoxy groups -OCH3 is 1. The van der Waals surface area contributed by atoms with Crippen LogP contribution in [0.3, 0.4) is 0 Å². The summed E-state index contributed by atoms with van der Waals surface area (Å²) in [5.74, 6) is 2.54. The van der Waals surface area contributed by atoms with E-state index in [1.54, 1.807) is 7.11 Å². The van der Waals surface area contributed by atoms with E-state index < -0.39 is 0 Å². The van der Waals surface area contributed by atoms with Crippen molar-refractivity contribution in [2.45, 2.75) is 25.2 Å². The Morgan fingerprint density at radius 3 is 2.66 bits per heavy atom. The first-order valence-electron chi connectivity index (χ1n) is 10.7. The van der Waals surface area contributed by atoms with Gasteiger partial charge < -0.3 is 24.8 Å². The van der Waals surface area contributed by atoms with E-state index in [1.165, 1.54) is 57.5 Å². The van der Waals surface area contributed by atoms with E-state index in [2.05, 4.69) is 56.3 Å². The van der Waals surface area contributed by atoms with Gasteiger partial charge in [-0.15, -0.1) is 24.0 Å². The lowest BCUT2D eigenvalue weighted by atomic mass is 9.98. The van der Waals surface area contributed by atoms with E-state index in [9.17, 15) is 0 Å². The molecule has 0 aromatic heterocycles. The summed E-state index contributed by atoms with van der Waals surface area (Å²) in [5, 5.41) is 3.58. The molecular weight excluding hydrogens is 477 g/mol. The molecule has 0 aliphatic carbocycles. The fraction of sp³-hybridized carbons (Fsp3) is 0.682. The van der Waals surface area contributed by atoms with Gasteiger partial charge in [0.15, 0.2) is 5.96 Å². The van der Waals surface area contributed by atoms with Gasteiger partial charge in [-0.3, -0.25) is 4.99 Å². The number of hydrogen-bond donors (Lipinski definition) is 1. The second kappa shape index (κ2) is 12.6. The van der Waals surface area contributed by atoms with Crippen LogP contribution in [0.1, 0.15) is 30.7 Å². The molecule has 1 N–H and O–H groups in total. The van der Waals surface area contributed by atoms with Crippen LogP contribution in [0.25, 0.3) is 0 Å². The molecule has 1 aromatic carbocycles. The predicted molar refractivity (Wildman–Crippen MR) is 132 cm³/mol. The van der Waals surface area contributed by atoms with Gasteiger partial charge in [-0.1, -0.05) is 12.1 Å². The number of aliphatic imine (C=N–C) groups is 1. The Labute approximate surface area is 193 Å². The quantitative estimate of drug-likeness (QED) is 0.273. The van der Waals surface area contributed by atoms with Crippen LogP contribution >= 0.6 is 24.0 Å². The summed E-state index contributed by atoms with van der Waals surface area (Å²) >= 11 is 0. The molecule has 6 nitrogen and oxygen atoms in total.